The monoisotopic (exact) mass is 310 g/mol. The highest BCUT2D eigenvalue weighted by Gasteiger charge is 2.39. The molecule has 0 saturated carbocycles. The number of fused-ring (bicyclic) bond motifs is 3. The van der Waals surface area contributed by atoms with E-state index in [9.17, 15) is 9.59 Å². The molecule has 1 aromatic heterocycles. The summed E-state index contributed by atoms with van der Waals surface area (Å²) in [6.07, 6.45) is 1.71. The molecule has 5 heteroatoms. The summed E-state index contributed by atoms with van der Waals surface area (Å²) in [6.45, 7) is 3.66. The van der Waals surface area contributed by atoms with Gasteiger partial charge in [-0.15, -0.1) is 0 Å². The van der Waals surface area contributed by atoms with Crippen LogP contribution in [0.1, 0.15) is 47.9 Å². The number of hydrogen-bond acceptors (Lipinski definition) is 5. The number of ketones is 1. The number of carbonyl (C=O) groups excluding carboxylic acids is 2. The standard InChI is InChI=1S/C18H14O5/c1-9(2)17-16(20)10-5-6-13-15(18(10)23-17)11(8-14(19)22-13)12-4-3-7-21-12/h3-7,11H,8H2,1-2H3/t11-/m0/s1. The van der Waals surface area contributed by atoms with E-state index >= 15 is 0 Å². The van der Waals surface area contributed by atoms with Crippen LogP contribution in [-0.2, 0) is 4.79 Å². The fourth-order valence-corrected chi connectivity index (χ4v) is 3.05. The normalized spacial score (nSPS) is 19.0. The predicted molar refractivity (Wildman–Crippen MR) is 80.6 cm³/mol. The van der Waals surface area contributed by atoms with Crippen molar-refractivity contribution in [2.75, 3.05) is 0 Å². The van der Waals surface area contributed by atoms with Crippen molar-refractivity contribution in [1.29, 1.82) is 0 Å². The summed E-state index contributed by atoms with van der Waals surface area (Å²) < 4.78 is 16.6. The van der Waals surface area contributed by atoms with Gasteiger partial charge in [-0.1, -0.05) is 0 Å². The van der Waals surface area contributed by atoms with Crippen LogP contribution in [0.25, 0.3) is 0 Å². The first-order chi connectivity index (χ1) is 11.1. The second-order valence-electron chi connectivity index (χ2n) is 5.86. The first kappa shape index (κ1) is 13.8. The lowest BCUT2D eigenvalue weighted by Crippen LogP contribution is -2.21. The van der Waals surface area contributed by atoms with Crippen LogP contribution in [0.3, 0.4) is 0 Å². The molecular formula is C18H14O5. The van der Waals surface area contributed by atoms with E-state index in [2.05, 4.69) is 0 Å². The van der Waals surface area contributed by atoms with Crippen LogP contribution in [-0.4, -0.2) is 11.8 Å². The molecule has 0 saturated heterocycles. The van der Waals surface area contributed by atoms with Crippen molar-refractivity contribution >= 4 is 11.8 Å². The van der Waals surface area contributed by atoms with Gasteiger partial charge < -0.3 is 13.9 Å². The molecule has 0 bridgehead atoms. The van der Waals surface area contributed by atoms with E-state index < -0.39 is 0 Å². The minimum Gasteiger partial charge on any atom is -0.469 e. The van der Waals surface area contributed by atoms with E-state index in [4.69, 9.17) is 13.9 Å². The van der Waals surface area contributed by atoms with E-state index in [0.717, 1.165) is 5.57 Å². The van der Waals surface area contributed by atoms with Crippen molar-refractivity contribution in [3.63, 3.8) is 0 Å². The summed E-state index contributed by atoms with van der Waals surface area (Å²) in [6, 6.07) is 6.87. The topological polar surface area (TPSA) is 65.7 Å². The van der Waals surface area contributed by atoms with Crippen LogP contribution < -0.4 is 9.47 Å². The van der Waals surface area contributed by atoms with Gasteiger partial charge >= 0.3 is 5.97 Å². The van der Waals surface area contributed by atoms with E-state index in [1.54, 1.807) is 24.5 Å². The molecule has 4 rings (SSSR count). The third-order valence-corrected chi connectivity index (χ3v) is 4.09. The zero-order valence-electron chi connectivity index (χ0n) is 12.7. The molecule has 0 radical (unpaired) electrons. The van der Waals surface area contributed by atoms with Crippen molar-refractivity contribution in [3.8, 4) is 11.5 Å². The molecule has 0 aliphatic carbocycles. The van der Waals surface area contributed by atoms with Crippen LogP contribution in [0.2, 0.25) is 0 Å². The molecule has 1 atom stereocenters. The van der Waals surface area contributed by atoms with E-state index in [0.29, 0.717) is 34.1 Å². The van der Waals surface area contributed by atoms with Gasteiger partial charge in [0.15, 0.2) is 5.76 Å². The molecule has 2 aliphatic rings. The zero-order valence-corrected chi connectivity index (χ0v) is 12.7. The highest BCUT2D eigenvalue weighted by molar-refractivity contribution is 6.13. The second kappa shape index (κ2) is 4.84. The highest BCUT2D eigenvalue weighted by atomic mass is 16.5. The Bertz CT molecular complexity index is 854. The maximum Gasteiger partial charge on any atom is 0.312 e. The van der Waals surface area contributed by atoms with Crippen LogP contribution in [0, 0.1) is 0 Å². The Morgan fingerprint density at radius 3 is 2.65 bits per heavy atom. The Balaban J connectivity index is 1.94. The Morgan fingerprint density at radius 1 is 1.13 bits per heavy atom. The molecule has 5 nitrogen and oxygen atoms in total. The van der Waals surface area contributed by atoms with Crippen molar-refractivity contribution in [2.24, 2.45) is 0 Å². The number of esters is 1. The molecule has 116 valence electrons. The minimum absolute atomic E-state index is 0.141. The van der Waals surface area contributed by atoms with Crippen LogP contribution >= 0.6 is 0 Å². The number of allylic oxidation sites excluding steroid dienone is 2. The third-order valence-electron chi connectivity index (χ3n) is 4.09. The summed E-state index contributed by atoms with van der Waals surface area (Å²) in [7, 11) is 0. The largest absolute Gasteiger partial charge is 0.469 e. The van der Waals surface area contributed by atoms with Crippen molar-refractivity contribution < 1.29 is 23.5 Å². The van der Waals surface area contributed by atoms with Gasteiger partial charge in [-0.25, -0.2) is 0 Å². The molecule has 0 N–H and O–H groups in total. The number of ether oxygens (including phenoxy) is 2. The molecular weight excluding hydrogens is 296 g/mol. The van der Waals surface area contributed by atoms with Crippen molar-refractivity contribution in [2.45, 2.75) is 26.2 Å². The summed E-state index contributed by atoms with van der Waals surface area (Å²) >= 11 is 0. The van der Waals surface area contributed by atoms with Gasteiger partial charge in [0, 0.05) is 5.56 Å². The number of Topliss-reactive ketones (excluding diaryl/α,β-unsaturated/α-hetero) is 1. The highest BCUT2D eigenvalue weighted by Crippen LogP contribution is 2.49. The zero-order chi connectivity index (χ0) is 16.1. The quantitative estimate of drug-likeness (QED) is 0.457. The number of carbonyl (C=O) groups is 2. The Kier molecular flexibility index (Phi) is 2.91. The van der Waals surface area contributed by atoms with Crippen molar-refractivity contribution in [1.82, 2.24) is 0 Å². The molecule has 0 fully saturated rings. The number of furan rings is 1. The van der Waals surface area contributed by atoms with Crippen LogP contribution in [0.4, 0.5) is 0 Å². The van der Waals surface area contributed by atoms with E-state index in [1.807, 2.05) is 19.9 Å². The molecule has 0 spiro atoms. The Hall–Kier alpha value is -2.82. The lowest BCUT2D eigenvalue weighted by molar-refractivity contribution is -0.135. The fourth-order valence-electron chi connectivity index (χ4n) is 3.05. The van der Waals surface area contributed by atoms with Gasteiger partial charge in [0.2, 0.25) is 5.78 Å². The molecule has 3 heterocycles. The second-order valence-corrected chi connectivity index (χ2v) is 5.86. The van der Waals surface area contributed by atoms with Crippen LogP contribution in [0.5, 0.6) is 11.5 Å². The smallest absolute Gasteiger partial charge is 0.312 e. The molecule has 23 heavy (non-hydrogen) atoms. The molecule has 2 aromatic rings. The molecule has 1 aromatic carbocycles. The first-order valence-electron chi connectivity index (χ1n) is 7.37. The minimum atomic E-state index is -0.328. The average Bonchev–Trinajstić information content (AvgIpc) is 3.14. The third kappa shape index (κ3) is 2.00. The first-order valence-corrected chi connectivity index (χ1v) is 7.37. The average molecular weight is 310 g/mol. The molecule has 0 unspecified atom stereocenters. The summed E-state index contributed by atoms with van der Waals surface area (Å²) in [5.41, 5.74) is 2.00. The summed E-state index contributed by atoms with van der Waals surface area (Å²) in [4.78, 5) is 24.4. The summed E-state index contributed by atoms with van der Waals surface area (Å²) in [5, 5.41) is 0. The Morgan fingerprint density at radius 2 is 1.96 bits per heavy atom. The number of hydrogen-bond donors (Lipinski definition) is 0. The SMILES string of the molecule is CC(C)=C1Oc2c(ccc3c2[C@H](c2ccco2)CC(=O)O3)C1=O. The van der Waals surface area contributed by atoms with Gasteiger partial charge in [-0.3, -0.25) is 9.59 Å². The predicted octanol–water partition coefficient (Wildman–Crippen LogP) is 3.59. The lowest BCUT2D eigenvalue weighted by atomic mass is 9.88. The fraction of sp³-hybridized carbons (Fsp3) is 0.222. The molecule has 0 amide bonds. The summed E-state index contributed by atoms with van der Waals surface area (Å²) in [5.74, 6) is 1.09. The van der Waals surface area contributed by atoms with Gasteiger partial charge in [-0.05, 0) is 43.7 Å². The number of rotatable bonds is 1. The van der Waals surface area contributed by atoms with Crippen LogP contribution in [0.15, 0.2) is 46.3 Å². The maximum atomic E-state index is 12.5. The lowest BCUT2D eigenvalue weighted by Gasteiger charge is -2.24. The van der Waals surface area contributed by atoms with Gasteiger partial charge in [-0.2, -0.15) is 0 Å². The maximum absolute atomic E-state index is 12.5. The Labute approximate surface area is 132 Å². The van der Waals surface area contributed by atoms with Gasteiger partial charge in [0.05, 0.1) is 24.2 Å². The van der Waals surface area contributed by atoms with E-state index in [1.165, 1.54) is 0 Å². The van der Waals surface area contributed by atoms with E-state index in [-0.39, 0.29) is 24.1 Å². The molecule has 2 aliphatic heterocycles. The van der Waals surface area contributed by atoms with Crippen molar-refractivity contribution in [3.05, 3.63) is 58.7 Å². The van der Waals surface area contributed by atoms with Gasteiger partial charge in [0.25, 0.3) is 0 Å². The number of benzene rings is 1. The van der Waals surface area contributed by atoms with Gasteiger partial charge in [0.1, 0.15) is 17.3 Å².